The van der Waals surface area contributed by atoms with Crippen molar-refractivity contribution in [2.24, 2.45) is 0 Å². The summed E-state index contributed by atoms with van der Waals surface area (Å²) in [5.41, 5.74) is 1.08. The highest BCUT2D eigenvalue weighted by Gasteiger charge is 2.03. The molecule has 0 unspecified atom stereocenters. The zero-order valence-electron chi connectivity index (χ0n) is 9.21. The van der Waals surface area contributed by atoms with Crippen LogP contribution in [0.5, 0.6) is 0 Å². The fourth-order valence-electron chi connectivity index (χ4n) is 1.94. The molecule has 0 N–H and O–H groups in total. The molecule has 0 radical (unpaired) electrons. The van der Waals surface area contributed by atoms with Gasteiger partial charge in [-0.05, 0) is 29.0 Å². The van der Waals surface area contributed by atoms with Crippen molar-refractivity contribution in [2.75, 3.05) is 0 Å². The van der Waals surface area contributed by atoms with Crippen molar-refractivity contribution in [1.82, 2.24) is 4.57 Å². The molecule has 2 aromatic carbocycles. The highest BCUT2D eigenvalue weighted by Crippen LogP contribution is 2.16. The maximum Gasteiger partial charge on any atom is 0.117 e. The SMILES string of the molecule is S=C(c1ccc2ccccc2c1)n1cccc1. The Morgan fingerprint density at radius 3 is 2.29 bits per heavy atom. The van der Waals surface area contributed by atoms with Crippen LogP contribution in [0, 0.1) is 0 Å². The van der Waals surface area contributed by atoms with Crippen LogP contribution in [0.1, 0.15) is 5.56 Å². The predicted molar refractivity (Wildman–Crippen MR) is 75.5 cm³/mol. The summed E-state index contributed by atoms with van der Waals surface area (Å²) < 4.78 is 1.96. The molecule has 1 heterocycles. The van der Waals surface area contributed by atoms with Crippen LogP contribution >= 0.6 is 12.2 Å². The molecule has 0 spiro atoms. The second-order valence-corrected chi connectivity index (χ2v) is 4.34. The van der Waals surface area contributed by atoms with Crippen LogP contribution in [0.3, 0.4) is 0 Å². The molecular formula is C15H11NS. The summed E-state index contributed by atoms with van der Waals surface area (Å²) in [5.74, 6) is 0. The number of hydrogen-bond donors (Lipinski definition) is 0. The normalized spacial score (nSPS) is 10.6. The van der Waals surface area contributed by atoms with Crippen LogP contribution in [0.4, 0.5) is 0 Å². The van der Waals surface area contributed by atoms with Gasteiger partial charge in [0.25, 0.3) is 0 Å². The molecule has 0 aliphatic carbocycles. The lowest BCUT2D eigenvalue weighted by atomic mass is 10.1. The third-order valence-electron chi connectivity index (χ3n) is 2.84. The number of thiocarbonyl (C=S) groups is 1. The van der Waals surface area contributed by atoms with Crippen LogP contribution < -0.4 is 0 Å². The molecule has 0 saturated heterocycles. The Morgan fingerprint density at radius 1 is 0.824 bits per heavy atom. The first-order valence-corrected chi connectivity index (χ1v) is 5.92. The summed E-state index contributed by atoms with van der Waals surface area (Å²) in [6.07, 6.45) is 3.94. The van der Waals surface area contributed by atoms with Crippen molar-refractivity contribution < 1.29 is 0 Å². The summed E-state index contributed by atoms with van der Waals surface area (Å²) >= 11 is 5.47. The number of benzene rings is 2. The van der Waals surface area contributed by atoms with E-state index in [1.54, 1.807) is 0 Å². The van der Waals surface area contributed by atoms with E-state index in [1.165, 1.54) is 10.8 Å². The number of hydrogen-bond acceptors (Lipinski definition) is 1. The summed E-state index contributed by atoms with van der Waals surface area (Å²) in [7, 11) is 0. The maximum atomic E-state index is 5.47. The zero-order chi connectivity index (χ0) is 11.7. The van der Waals surface area contributed by atoms with Crippen LogP contribution in [-0.4, -0.2) is 9.56 Å². The molecule has 1 nitrogen and oxygen atoms in total. The standard InChI is InChI=1S/C15H11NS/c17-15(16-9-3-4-10-16)14-8-7-12-5-1-2-6-13(12)11-14/h1-11H. The van der Waals surface area contributed by atoms with Gasteiger partial charge in [-0.2, -0.15) is 0 Å². The fraction of sp³-hybridized carbons (Fsp3) is 0. The van der Waals surface area contributed by atoms with Gasteiger partial charge < -0.3 is 4.57 Å². The molecule has 17 heavy (non-hydrogen) atoms. The van der Waals surface area contributed by atoms with Gasteiger partial charge in [-0.25, -0.2) is 0 Å². The molecule has 0 amide bonds. The minimum Gasteiger partial charge on any atom is -0.314 e. The third kappa shape index (κ3) is 1.87. The molecule has 0 saturated carbocycles. The highest BCUT2D eigenvalue weighted by atomic mass is 32.1. The second-order valence-electron chi connectivity index (χ2n) is 3.96. The molecule has 82 valence electrons. The van der Waals surface area contributed by atoms with Gasteiger partial charge in [0.05, 0.1) is 0 Å². The lowest BCUT2D eigenvalue weighted by molar-refractivity contribution is 1.19. The summed E-state index contributed by atoms with van der Waals surface area (Å²) in [6, 6.07) is 18.6. The molecule has 0 fully saturated rings. The third-order valence-corrected chi connectivity index (χ3v) is 3.28. The molecule has 0 aliphatic heterocycles. The summed E-state index contributed by atoms with van der Waals surface area (Å²) in [5, 5.41) is 2.46. The molecule has 3 aromatic rings. The lowest BCUT2D eigenvalue weighted by Gasteiger charge is -2.06. The Labute approximate surface area is 105 Å². The van der Waals surface area contributed by atoms with Gasteiger partial charge in [-0.3, -0.25) is 0 Å². The van der Waals surface area contributed by atoms with Crippen LogP contribution in [0.2, 0.25) is 0 Å². The first-order valence-electron chi connectivity index (χ1n) is 5.51. The quantitative estimate of drug-likeness (QED) is 0.582. The average Bonchev–Trinajstić information content (AvgIpc) is 2.91. The Hall–Kier alpha value is -1.93. The topological polar surface area (TPSA) is 4.93 Å². The van der Waals surface area contributed by atoms with Crippen molar-refractivity contribution >= 4 is 28.0 Å². The number of nitrogens with zero attached hydrogens (tertiary/aromatic N) is 1. The monoisotopic (exact) mass is 237 g/mol. The fourth-order valence-corrected chi connectivity index (χ4v) is 2.19. The molecule has 0 atom stereocenters. The van der Waals surface area contributed by atoms with Crippen molar-refractivity contribution in [2.45, 2.75) is 0 Å². The van der Waals surface area contributed by atoms with Crippen molar-refractivity contribution in [3.8, 4) is 0 Å². The average molecular weight is 237 g/mol. The lowest BCUT2D eigenvalue weighted by Crippen LogP contribution is -2.07. The van der Waals surface area contributed by atoms with E-state index < -0.39 is 0 Å². The predicted octanol–water partition coefficient (Wildman–Crippen LogP) is 3.87. The summed E-state index contributed by atoms with van der Waals surface area (Å²) in [4.78, 5) is 0.834. The van der Waals surface area contributed by atoms with Gasteiger partial charge in [-0.1, -0.05) is 48.6 Å². The molecule has 2 heteroatoms. The largest absolute Gasteiger partial charge is 0.314 e. The van der Waals surface area contributed by atoms with E-state index in [2.05, 4.69) is 30.3 Å². The minimum absolute atomic E-state index is 0.834. The molecular weight excluding hydrogens is 226 g/mol. The number of fused-ring (bicyclic) bond motifs is 1. The maximum absolute atomic E-state index is 5.47. The van der Waals surface area contributed by atoms with Crippen molar-refractivity contribution in [1.29, 1.82) is 0 Å². The van der Waals surface area contributed by atoms with Gasteiger partial charge in [0, 0.05) is 18.0 Å². The molecule has 0 bridgehead atoms. The van der Waals surface area contributed by atoms with Gasteiger partial charge in [-0.15, -0.1) is 0 Å². The second kappa shape index (κ2) is 4.15. The van der Waals surface area contributed by atoms with E-state index >= 15 is 0 Å². The Balaban J connectivity index is 2.09. The van der Waals surface area contributed by atoms with E-state index in [-0.39, 0.29) is 0 Å². The number of rotatable bonds is 1. The van der Waals surface area contributed by atoms with E-state index in [0.717, 1.165) is 10.6 Å². The first kappa shape index (κ1) is 10.2. The van der Waals surface area contributed by atoms with E-state index in [9.17, 15) is 0 Å². The van der Waals surface area contributed by atoms with Crippen molar-refractivity contribution in [3.05, 3.63) is 72.6 Å². The minimum atomic E-state index is 0.834. The van der Waals surface area contributed by atoms with Gasteiger partial charge >= 0.3 is 0 Å². The van der Waals surface area contributed by atoms with Gasteiger partial charge in [0.15, 0.2) is 0 Å². The van der Waals surface area contributed by atoms with E-state index in [1.807, 2.05) is 41.2 Å². The molecule has 3 rings (SSSR count). The highest BCUT2D eigenvalue weighted by molar-refractivity contribution is 7.80. The van der Waals surface area contributed by atoms with Crippen molar-refractivity contribution in [3.63, 3.8) is 0 Å². The Bertz CT molecular complexity index is 668. The van der Waals surface area contributed by atoms with Gasteiger partial charge in [0.2, 0.25) is 0 Å². The zero-order valence-corrected chi connectivity index (χ0v) is 10.0. The smallest absolute Gasteiger partial charge is 0.117 e. The Kier molecular flexibility index (Phi) is 2.50. The number of aromatic nitrogens is 1. The Morgan fingerprint density at radius 2 is 1.53 bits per heavy atom. The van der Waals surface area contributed by atoms with Crippen LogP contribution in [-0.2, 0) is 0 Å². The first-order chi connectivity index (χ1) is 8.34. The molecule has 1 aromatic heterocycles. The molecule has 0 aliphatic rings. The van der Waals surface area contributed by atoms with E-state index in [0.29, 0.717) is 0 Å². The summed E-state index contributed by atoms with van der Waals surface area (Å²) in [6.45, 7) is 0. The van der Waals surface area contributed by atoms with Gasteiger partial charge in [0.1, 0.15) is 4.99 Å². The van der Waals surface area contributed by atoms with Crippen LogP contribution in [0.25, 0.3) is 10.8 Å². The van der Waals surface area contributed by atoms with E-state index in [4.69, 9.17) is 12.2 Å². The van der Waals surface area contributed by atoms with Crippen LogP contribution in [0.15, 0.2) is 67.0 Å².